The van der Waals surface area contributed by atoms with Gasteiger partial charge >= 0.3 is 0 Å². The number of nitrogens with one attached hydrogen (secondary N) is 2. The lowest BCUT2D eigenvalue weighted by Crippen LogP contribution is -2.53. The summed E-state index contributed by atoms with van der Waals surface area (Å²) in [4.78, 5) is 14.3. The fraction of sp³-hybridized carbons (Fsp3) is 0.800. The third kappa shape index (κ3) is 5.33. The van der Waals surface area contributed by atoms with E-state index >= 15 is 0 Å². The Morgan fingerprint density at radius 3 is 2.74 bits per heavy atom. The zero-order chi connectivity index (χ0) is 14.3. The smallest absolute Gasteiger partial charge is 0.237 e. The summed E-state index contributed by atoms with van der Waals surface area (Å²) in [5, 5.41) is 6.44. The summed E-state index contributed by atoms with van der Waals surface area (Å²) in [6.45, 7) is 12.5. The number of rotatable bonds is 7. The first kappa shape index (κ1) is 16.2. The molecule has 1 fully saturated rings. The van der Waals surface area contributed by atoms with Crippen LogP contribution in [0, 0.1) is 0 Å². The van der Waals surface area contributed by atoms with Crippen LogP contribution in [0.4, 0.5) is 0 Å². The fourth-order valence-electron chi connectivity index (χ4n) is 2.62. The highest BCUT2D eigenvalue weighted by atomic mass is 16.2. The van der Waals surface area contributed by atoms with Crippen molar-refractivity contribution in [1.82, 2.24) is 15.5 Å². The minimum Gasteiger partial charge on any atom is -0.351 e. The van der Waals surface area contributed by atoms with Gasteiger partial charge in [-0.15, -0.1) is 6.58 Å². The molecule has 0 radical (unpaired) electrons. The van der Waals surface area contributed by atoms with Crippen molar-refractivity contribution in [2.75, 3.05) is 19.6 Å². The molecule has 0 aromatic heterocycles. The third-order valence-electron chi connectivity index (χ3n) is 3.80. The summed E-state index contributed by atoms with van der Waals surface area (Å²) >= 11 is 0. The molecular weight excluding hydrogens is 238 g/mol. The Morgan fingerprint density at radius 2 is 2.21 bits per heavy atom. The molecule has 1 aliphatic rings. The zero-order valence-electron chi connectivity index (χ0n) is 12.6. The van der Waals surface area contributed by atoms with Gasteiger partial charge in [-0.1, -0.05) is 12.5 Å². The molecule has 2 N–H and O–H groups in total. The molecule has 110 valence electrons. The maximum atomic E-state index is 12.1. The standard InChI is InChI=1S/C15H29N3O/c1-5-9-17-15(19)13(4)18(12(2)3)11-14-8-6-7-10-16-14/h5,12-14,16H,1,6-11H2,2-4H3,(H,17,19). The molecule has 1 saturated heterocycles. The van der Waals surface area contributed by atoms with Crippen LogP contribution >= 0.6 is 0 Å². The van der Waals surface area contributed by atoms with Gasteiger partial charge in [-0.2, -0.15) is 0 Å². The third-order valence-corrected chi connectivity index (χ3v) is 3.80. The predicted octanol–water partition coefficient (Wildman–Crippen LogP) is 1.53. The molecule has 1 amide bonds. The van der Waals surface area contributed by atoms with Crippen molar-refractivity contribution in [3.8, 4) is 0 Å². The topological polar surface area (TPSA) is 44.4 Å². The molecular formula is C15H29N3O. The molecule has 0 aromatic carbocycles. The molecule has 1 aliphatic heterocycles. The summed E-state index contributed by atoms with van der Waals surface area (Å²) in [7, 11) is 0. The van der Waals surface area contributed by atoms with Crippen LogP contribution in [0.3, 0.4) is 0 Å². The molecule has 0 aliphatic carbocycles. The second-order valence-corrected chi connectivity index (χ2v) is 5.65. The van der Waals surface area contributed by atoms with E-state index in [4.69, 9.17) is 0 Å². The minimum absolute atomic E-state index is 0.0874. The molecule has 2 unspecified atom stereocenters. The lowest BCUT2D eigenvalue weighted by atomic mass is 10.0. The van der Waals surface area contributed by atoms with E-state index in [0.29, 0.717) is 18.6 Å². The lowest BCUT2D eigenvalue weighted by molar-refractivity contribution is -0.126. The molecule has 1 heterocycles. The Bertz CT molecular complexity index is 285. The Morgan fingerprint density at radius 1 is 1.47 bits per heavy atom. The van der Waals surface area contributed by atoms with Crippen LogP contribution in [-0.2, 0) is 4.79 Å². The monoisotopic (exact) mass is 267 g/mol. The van der Waals surface area contributed by atoms with Gasteiger partial charge in [0, 0.05) is 25.2 Å². The van der Waals surface area contributed by atoms with Gasteiger partial charge in [0.05, 0.1) is 6.04 Å². The molecule has 0 spiro atoms. The van der Waals surface area contributed by atoms with Crippen molar-refractivity contribution >= 4 is 5.91 Å². The highest BCUT2D eigenvalue weighted by Gasteiger charge is 2.26. The van der Waals surface area contributed by atoms with Gasteiger partial charge in [-0.05, 0) is 40.2 Å². The Kier molecular flexibility index (Phi) is 7.10. The highest BCUT2D eigenvalue weighted by molar-refractivity contribution is 5.81. The Balaban J connectivity index is 2.54. The predicted molar refractivity (Wildman–Crippen MR) is 80.2 cm³/mol. The number of nitrogens with zero attached hydrogens (tertiary/aromatic N) is 1. The Hall–Kier alpha value is -0.870. The van der Waals surface area contributed by atoms with Crippen molar-refractivity contribution in [3.63, 3.8) is 0 Å². The molecule has 2 atom stereocenters. The number of hydrogen-bond acceptors (Lipinski definition) is 3. The van der Waals surface area contributed by atoms with Gasteiger partial charge in [0.25, 0.3) is 0 Å². The van der Waals surface area contributed by atoms with Gasteiger partial charge < -0.3 is 10.6 Å². The van der Waals surface area contributed by atoms with Gasteiger partial charge in [-0.3, -0.25) is 9.69 Å². The van der Waals surface area contributed by atoms with Gasteiger partial charge in [0.15, 0.2) is 0 Å². The van der Waals surface area contributed by atoms with E-state index in [1.54, 1.807) is 6.08 Å². The normalized spacial score (nSPS) is 21.4. The van der Waals surface area contributed by atoms with Gasteiger partial charge in [-0.25, -0.2) is 0 Å². The first-order valence-corrected chi connectivity index (χ1v) is 7.44. The average Bonchev–Trinajstić information content (AvgIpc) is 2.42. The summed E-state index contributed by atoms with van der Waals surface area (Å²) in [6.07, 6.45) is 5.49. The first-order chi connectivity index (χ1) is 9.06. The van der Waals surface area contributed by atoms with Crippen molar-refractivity contribution in [1.29, 1.82) is 0 Å². The number of carbonyl (C=O) groups excluding carboxylic acids is 1. The molecule has 19 heavy (non-hydrogen) atoms. The minimum atomic E-state index is -0.0938. The number of amides is 1. The zero-order valence-corrected chi connectivity index (χ0v) is 12.6. The van der Waals surface area contributed by atoms with Crippen LogP contribution in [0.25, 0.3) is 0 Å². The van der Waals surface area contributed by atoms with Crippen LogP contribution in [0.2, 0.25) is 0 Å². The quantitative estimate of drug-likeness (QED) is 0.688. The molecule has 4 nitrogen and oxygen atoms in total. The maximum absolute atomic E-state index is 12.1. The van der Waals surface area contributed by atoms with Crippen LogP contribution in [0.5, 0.6) is 0 Å². The largest absolute Gasteiger partial charge is 0.351 e. The molecule has 0 bridgehead atoms. The van der Waals surface area contributed by atoms with Gasteiger partial charge in [0.2, 0.25) is 5.91 Å². The molecule has 0 saturated carbocycles. The fourth-order valence-corrected chi connectivity index (χ4v) is 2.62. The summed E-state index contributed by atoms with van der Waals surface area (Å²) in [5.74, 6) is 0.0874. The summed E-state index contributed by atoms with van der Waals surface area (Å²) < 4.78 is 0. The first-order valence-electron chi connectivity index (χ1n) is 7.44. The number of hydrogen-bond donors (Lipinski definition) is 2. The van der Waals surface area contributed by atoms with Crippen LogP contribution in [-0.4, -0.2) is 48.6 Å². The van der Waals surface area contributed by atoms with E-state index in [0.717, 1.165) is 13.1 Å². The SMILES string of the molecule is C=CCNC(=O)C(C)N(CC1CCCCN1)C(C)C. The summed E-state index contributed by atoms with van der Waals surface area (Å²) in [5.41, 5.74) is 0. The van der Waals surface area contributed by atoms with E-state index in [1.165, 1.54) is 19.3 Å². The maximum Gasteiger partial charge on any atom is 0.237 e. The van der Waals surface area contributed by atoms with E-state index in [1.807, 2.05) is 6.92 Å². The average molecular weight is 267 g/mol. The van der Waals surface area contributed by atoms with Gasteiger partial charge in [0.1, 0.15) is 0 Å². The van der Waals surface area contributed by atoms with E-state index in [-0.39, 0.29) is 11.9 Å². The molecule has 0 aromatic rings. The van der Waals surface area contributed by atoms with Crippen LogP contribution in [0.15, 0.2) is 12.7 Å². The van der Waals surface area contributed by atoms with Crippen molar-refractivity contribution in [3.05, 3.63) is 12.7 Å². The van der Waals surface area contributed by atoms with Crippen molar-refractivity contribution in [2.24, 2.45) is 0 Å². The molecule has 1 rings (SSSR count). The van der Waals surface area contributed by atoms with Crippen LogP contribution < -0.4 is 10.6 Å². The second kappa shape index (κ2) is 8.33. The molecule has 4 heteroatoms. The Labute approximate surface area is 117 Å². The summed E-state index contributed by atoms with van der Waals surface area (Å²) in [6, 6.07) is 0.794. The van der Waals surface area contributed by atoms with E-state index < -0.39 is 0 Å². The lowest BCUT2D eigenvalue weighted by Gasteiger charge is -2.36. The number of piperidine rings is 1. The van der Waals surface area contributed by atoms with Crippen molar-refractivity contribution in [2.45, 2.75) is 58.2 Å². The number of carbonyl (C=O) groups is 1. The van der Waals surface area contributed by atoms with E-state index in [9.17, 15) is 4.79 Å². The van der Waals surface area contributed by atoms with E-state index in [2.05, 4.69) is 36.0 Å². The highest BCUT2D eigenvalue weighted by Crippen LogP contribution is 2.13. The van der Waals surface area contributed by atoms with Crippen LogP contribution in [0.1, 0.15) is 40.0 Å². The van der Waals surface area contributed by atoms with Crippen molar-refractivity contribution < 1.29 is 4.79 Å². The second-order valence-electron chi connectivity index (χ2n) is 5.65.